The largest absolute Gasteiger partial charge is 0.496 e. The average Bonchev–Trinajstić information content (AvgIpc) is 2.64. The Balaban J connectivity index is 2.48. The maximum absolute atomic E-state index is 9.96. The molecule has 1 N–H and O–H groups in total. The molecule has 0 aliphatic rings. The summed E-state index contributed by atoms with van der Waals surface area (Å²) < 4.78 is 13.0. The summed E-state index contributed by atoms with van der Waals surface area (Å²) >= 11 is 0. The summed E-state index contributed by atoms with van der Waals surface area (Å²) in [5.74, 6) is 1.90. The zero-order chi connectivity index (χ0) is 14.9. The number of benzene rings is 1. The third kappa shape index (κ3) is 2.49. The van der Waals surface area contributed by atoms with Crippen molar-refractivity contribution < 1.29 is 14.6 Å². The van der Waals surface area contributed by atoms with Gasteiger partial charge >= 0.3 is 0 Å². The van der Waals surface area contributed by atoms with E-state index in [2.05, 4.69) is 5.10 Å². The van der Waals surface area contributed by atoms with E-state index in [4.69, 9.17) is 9.47 Å². The van der Waals surface area contributed by atoms with Gasteiger partial charge in [-0.05, 0) is 32.9 Å². The molecule has 0 saturated heterocycles. The van der Waals surface area contributed by atoms with Crippen LogP contribution >= 0.6 is 0 Å². The number of aliphatic hydroxyl groups is 1. The lowest BCUT2D eigenvalue weighted by Gasteiger charge is -2.16. The topological polar surface area (TPSA) is 56.5 Å². The number of aryl methyl sites for hydroxylation is 2. The van der Waals surface area contributed by atoms with Crippen LogP contribution in [0.15, 0.2) is 18.2 Å². The molecule has 2 rings (SSSR count). The maximum atomic E-state index is 9.96. The second-order valence-electron chi connectivity index (χ2n) is 4.77. The fourth-order valence-corrected chi connectivity index (χ4v) is 2.21. The first-order valence-corrected chi connectivity index (χ1v) is 6.48. The minimum absolute atomic E-state index is 0.582. The van der Waals surface area contributed by atoms with Crippen LogP contribution < -0.4 is 9.47 Å². The number of hydrogen-bond acceptors (Lipinski definition) is 4. The lowest BCUT2D eigenvalue weighted by molar-refractivity contribution is 0.190. The molecule has 5 nitrogen and oxygen atoms in total. The second kappa shape index (κ2) is 5.54. The summed E-state index contributed by atoms with van der Waals surface area (Å²) in [6.45, 7) is 5.52. The van der Waals surface area contributed by atoms with Crippen LogP contribution in [-0.2, 0) is 7.05 Å². The van der Waals surface area contributed by atoms with Gasteiger partial charge in [0.2, 0.25) is 0 Å². The van der Waals surface area contributed by atoms with Crippen LogP contribution in [0.1, 0.15) is 30.0 Å². The smallest absolute Gasteiger partial charge is 0.171 e. The molecule has 2 aromatic rings. The molecule has 1 atom stereocenters. The van der Waals surface area contributed by atoms with E-state index in [9.17, 15) is 5.11 Å². The number of aromatic nitrogens is 2. The highest BCUT2D eigenvalue weighted by Crippen LogP contribution is 2.38. The Hall–Kier alpha value is -2.01. The number of hydrogen-bond donors (Lipinski definition) is 1. The van der Waals surface area contributed by atoms with Gasteiger partial charge in [0.05, 0.1) is 24.5 Å². The highest BCUT2D eigenvalue weighted by molar-refractivity contribution is 5.49. The lowest BCUT2D eigenvalue weighted by atomic mass is 10.1. The first-order valence-electron chi connectivity index (χ1n) is 6.48. The van der Waals surface area contributed by atoms with E-state index in [1.54, 1.807) is 24.8 Å². The molecule has 0 amide bonds. The molecular weight excluding hydrogens is 256 g/mol. The number of nitrogens with zero attached hydrogens (tertiary/aromatic N) is 2. The van der Waals surface area contributed by atoms with Crippen molar-refractivity contribution in [3.05, 3.63) is 35.2 Å². The molecule has 1 heterocycles. The number of aliphatic hydroxyl groups excluding tert-OH is 1. The normalized spacial score (nSPS) is 12.3. The minimum Gasteiger partial charge on any atom is -0.496 e. The Bertz CT molecular complexity index is 618. The van der Waals surface area contributed by atoms with E-state index in [0.29, 0.717) is 22.8 Å². The number of ether oxygens (including phenoxy) is 2. The van der Waals surface area contributed by atoms with E-state index in [1.165, 1.54) is 0 Å². The van der Waals surface area contributed by atoms with Crippen LogP contribution in [0.4, 0.5) is 0 Å². The first-order chi connectivity index (χ1) is 9.45. The number of methoxy groups -OCH3 is 1. The number of rotatable bonds is 4. The Morgan fingerprint density at radius 3 is 2.40 bits per heavy atom. The van der Waals surface area contributed by atoms with Crippen LogP contribution in [0, 0.1) is 13.8 Å². The predicted molar refractivity (Wildman–Crippen MR) is 76.4 cm³/mol. The molecule has 0 aliphatic heterocycles. The summed E-state index contributed by atoms with van der Waals surface area (Å²) in [5.41, 5.74) is 2.38. The molecular formula is C15H20N2O3. The Kier molecular flexibility index (Phi) is 3.99. The van der Waals surface area contributed by atoms with Gasteiger partial charge in [-0.3, -0.25) is 4.68 Å². The second-order valence-corrected chi connectivity index (χ2v) is 4.77. The van der Waals surface area contributed by atoms with E-state index in [0.717, 1.165) is 11.4 Å². The van der Waals surface area contributed by atoms with Crippen molar-refractivity contribution in [3.8, 4) is 17.2 Å². The van der Waals surface area contributed by atoms with Crippen molar-refractivity contribution >= 4 is 0 Å². The molecule has 0 fully saturated rings. The molecule has 0 unspecified atom stereocenters. The monoisotopic (exact) mass is 276 g/mol. The molecule has 108 valence electrons. The van der Waals surface area contributed by atoms with Gasteiger partial charge in [-0.25, -0.2) is 0 Å². The summed E-state index contributed by atoms with van der Waals surface area (Å²) in [7, 11) is 3.45. The van der Waals surface area contributed by atoms with E-state index >= 15 is 0 Å². The molecule has 0 aliphatic carbocycles. The van der Waals surface area contributed by atoms with Crippen LogP contribution in [-0.4, -0.2) is 22.0 Å². The molecule has 0 radical (unpaired) electrons. The quantitative estimate of drug-likeness (QED) is 0.933. The van der Waals surface area contributed by atoms with Crippen molar-refractivity contribution in [3.63, 3.8) is 0 Å². The summed E-state index contributed by atoms with van der Waals surface area (Å²) in [6.07, 6.45) is -0.682. The first kappa shape index (κ1) is 14.4. The van der Waals surface area contributed by atoms with E-state index in [-0.39, 0.29) is 0 Å². The molecule has 0 spiro atoms. The van der Waals surface area contributed by atoms with Crippen LogP contribution in [0.25, 0.3) is 0 Å². The molecule has 1 aromatic heterocycles. The Morgan fingerprint density at radius 1 is 1.25 bits per heavy atom. The van der Waals surface area contributed by atoms with Crippen molar-refractivity contribution in [2.75, 3.05) is 7.11 Å². The van der Waals surface area contributed by atoms with Crippen molar-refractivity contribution in [1.29, 1.82) is 0 Å². The summed E-state index contributed by atoms with van der Waals surface area (Å²) in [4.78, 5) is 0. The van der Waals surface area contributed by atoms with E-state index < -0.39 is 6.10 Å². The predicted octanol–water partition coefficient (Wildman–Crippen LogP) is 2.89. The Labute approximate surface area is 118 Å². The zero-order valence-corrected chi connectivity index (χ0v) is 12.5. The molecule has 0 bridgehead atoms. The zero-order valence-electron chi connectivity index (χ0n) is 12.5. The fourth-order valence-electron chi connectivity index (χ4n) is 2.21. The fraction of sp³-hybridized carbons (Fsp3) is 0.400. The highest BCUT2D eigenvalue weighted by Gasteiger charge is 2.19. The van der Waals surface area contributed by atoms with E-state index in [1.807, 2.05) is 33.0 Å². The van der Waals surface area contributed by atoms with Gasteiger partial charge in [0.1, 0.15) is 17.2 Å². The summed E-state index contributed by atoms with van der Waals surface area (Å²) in [5, 5.41) is 14.3. The standard InChI is InChI=1S/C15H20N2O3/c1-9-15(10(2)17(4)16-9)20-13-8-6-7-12(19-5)14(13)11(3)18/h6-8,11,18H,1-5H3/t11-/m1/s1. The van der Waals surface area contributed by atoms with Crippen molar-refractivity contribution in [2.24, 2.45) is 7.05 Å². The molecule has 0 saturated carbocycles. The summed E-state index contributed by atoms with van der Waals surface area (Å²) in [6, 6.07) is 5.45. The SMILES string of the molecule is COc1cccc(Oc2c(C)nn(C)c2C)c1[C@@H](C)O. The van der Waals surface area contributed by atoms with Crippen LogP contribution in [0.3, 0.4) is 0 Å². The van der Waals surface area contributed by atoms with Gasteiger partial charge in [0, 0.05) is 7.05 Å². The van der Waals surface area contributed by atoms with Gasteiger partial charge in [-0.2, -0.15) is 5.10 Å². The molecule has 5 heteroatoms. The van der Waals surface area contributed by atoms with Crippen molar-refractivity contribution in [2.45, 2.75) is 26.9 Å². The maximum Gasteiger partial charge on any atom is 0.171 e. The van der Waals surface area contributed by atoms with Crippen molar-refractivity contribution in [1.82, 2.24) is 9.78 Å². The van der Waals surface area contributed by atoms with Crippen LogP contribution in [0.2, 0.25) is 0 Å². The molecule has 20 heavy (non-hydrogen) atoms. The van der Waals surface area contributed by atoms with Gasteiger partial charge < -0.3 is 14.6 Å². The minimum atomic E-state index is -0.682. The average molecular weight is 276 g/mol. The third-order valence-electron chi connectivity index (χ3n) is 3.32. The van der Waals surface area contributed by atoms with Gasteiger partial charge in [-0.1, -0.05) is 6.07 Å². The van der Waals surface area contributed by atoms with Gasteiger partial charge in [0.15, 0.2) is 5.75 Å². The molecule has 1 aromatic carbocycles. The third-order valence-corrected chi connectivity index (χ3v) is 3.32. The van der Waals surface area contributed by atoms with Gasteiger partial charge in [0.25, 0.3) is 0 Å². The highest BCUT2D eigenvalue weighted by atomic mass is 16.5. The lowest BCUT2D eigenvalue weighted by Crippen LogP contribution is -2.01. The van der Waals surface area contributed by atoms with Gasteiger partial charge in [-0.15, -0.1) is 0 Å². The Morgan fingerprint density at radius 2 is 1.90 bits per heavy atom. The van der Waals surface area contributed by atoms with Crippen LogP contribution in [0.5, 0.6) is 17.2 Å².